The number of imidazole rings is 1. The summed E-state index contributed by atoms with van der Waals surface area (Å²) < 4.78 is 7.63. The van der Waals surface area contributed by atoms with Crippen molar-refractivity contribution in [1.29, 1.82) is 0 Å². The number of fused-ring (bicyclic) bond motifs is 1. The van der Waals surface area contributed by atoms with Crippen molar-refractivity contribution >= 4 is 34.4 Å². The summed E-state index contributed by atoms with van der Waals surface area (Å²) in [6.07, 6.45) is 1.66. The lowest BCUT2D eigenvalue weighted by molar-refractivity contribution is -0.138. The third kappa shape index (κ3) is 6.01. The average Bonchev–Trinajstić information content (AvgIpc) is 3.37. The quantitative estimate of drug-likeness (QED) is 0.307. The van der Waals surface area contributed by atoms with Gasteiger partial charge in [0.1, 0.15) is 11.6 Å². The van der Waals surface area contributed by atoms with Crippen LogP contribution in [-0.2, 0) is 17.9 Å². The summed E-state index contributed by atoms with van der Waals surface area (Å²) in [4.78, 5) is 37.5. The first-order valence-corrected chi connectivity index (χ1v) is 15.0. The van der Waals surface area contributed by atoms with Crippen molar-refractivity contribution in [3.8, 4) is 5.75 Å². The Morgan fingerprint density at radius 1 is 0.833 bits per heavy atom. The predicted octanol–water partition coefficient (Wildman–Crippen LogP) is 4.94. The number of piperidine rings is 1. The Balaban J connectivity index is 1.05. The van der Waals surface area contributed by atoms with Crippen LogP contribution in [0, 0.1) is 5.92 Å². The summed E-state index contributed by atoms with van der Waals surface area (Å²) in [5.41, 5.74) is 3.83. The van der Waals surface area contributed by atoms with Crippen LogP contribution in [0.25, 0.3) is 11.0 Å². The Labute approximate surface area is 251 Å². The first-order chi connectivity index (χ1) is 20.5. The number of likely N-dealkylation sites (tertiary alicyclic amines) is 1. The molecule has 0 unspecified atom stereocenters. The monoisotopic (exact) mass is 585 g/mol. The van der Waals surface area contributed by atoms with Crippen molar-refractivity contribution in [3.63, 3.8) is 0 Å². The van der Waals surface area contributed by atoms with Gasteiger partial charge >= 0.3 is 0 Å². The highest BCUT2D eigenvalue weighted by Gasteiger charge is 2.32. The van der Waals surface area contributed by atoms with Crippen molar-refractivity contribution in [1.82, 2.24) is 24.3 Å². The summed E-state index contributed by atoms with van der Waals surface area (Å²) >= 11 is 6.23. The molecule has 8 nitrogen and oxygen atoms in total. The van der Waals surface area contributed by atoms with Crippen molar-refractivity contribution in [2.45, 2.75) is 25.9 Å². The number of halogens is 1. The molecule has 218 valence electrons. The van der Waals surface area contributed by atoms with Gasteiger partial charge in [-0.3, -0.25) is 14.5 Å². The van der Waals surface area contributed by atoms with E-state index in [1.165, 1.54) is 5.56 Å². The van der Waals surface area contributed by atoms with Crippen molar-refractivity contribution in [2.75, 3.05) is 46.4 Å². The molecule has 0 spiro atoms. The van der Waals surface area contributed by atoms with Gasteiger partial charge in [0.25, 0.3) is 5.91 Å². The molecule has 3 aromatic carbocycles. The zero-order valence-corrected chi connectivity index (χ0v) is 24.7. The Hall–Kier alpha value is -3.88. The van der Waals surface area contributed by atoms with Crippen LogP contribution in [0.2, 0.25) is 5.02 Å². The molecule has 9 heteroatoms. The molecule has 4 aromatic rings. The van der Waals surface area contributed by atoms with E-state index < -0.39 is 0 Å². The largest absolute Gasteiger partial charge is 0.497 e. The van der Waals surface area contributed by atoms with Crippen LogP contribution in [0.4, 0.5) is 0 Å². The van der Waals surface area contributed by atoms with E-state index in [4.69, 9.17) is 21.3 Å². The fourth-order valence-corrected chi connectivity index (χ4v) is 6.28. The molecule has 2 aliphatic heterocycles. The van der Waals surface area contributed by atoms with E-state index in [2.05, 4.69) is 39.8 Å². The summed E-state index contributed by atoms with van der Waals surface area (Å²) in [5, 5.41) is 0.462. The number of para-hydroxylation sites is 2. The number of carbonyl (C=O) groups excluding carboxylic acids is 2. The SMILES string of the molecule is COc1ccc(Cn2c(CN3CCC(C(=O)N4CCN(C(=O)c5ccccc5Cl)CC4)CC3)nc3ccccc32)cc1. The lowest BCUT2D eigenvalue weighted by atomic mass is 9.95. The number of rotatable bonds is 7. The second-order valence-corrected chi connectivity index (χ2v) is 11.5. The number of methoxy groups -OCH3 is 1. The number of hydrogen-bond acceptors (Lipinski definition) is 5. The van der Waals surface area contributed by atoms with Crippen LogP contribution in [0.1, 0.15) is 34.6 Å². The second-order valence-electron chi connectivity index (χ2n) is 11.1. The number of carbonyl (C=O) groups is 2. The summed E-state index contributed by atoms with van der Waals surface area (Å²) in [5.74, 6) is 2.05. The van der Waals surface area contributed by atoms with Gasteiger partial charge in [0.2, 0.25) is 5.91 Å². The van der Waals surface area contributed by atoms with Gasteiger partial charge < -0.3 is 19.1 Å². The zero-order chi connectivity index (χ0) is 29.1. The van der Waals surface area contributed by atoms with Gasteiger partial charge in [-0.1, -0.05) is 48.0 Å². The Morgan fingerprint density at radius 2 is 1.50 bits per heavy atom. The smallest absolute Gasteiger partial charge is 0.255 e. The van der Waals surface area contributed by atoms with E-state index in [-0.39, 0.29) is 17.7 Å². The van der Waals surface area contributed by atoms with E-state index in [1.807, 2.05) is 35.2 Å². The van der Waals surface area contributed by atoms with Gasteiger partial charge in [-0.05, 0) is 67.9 Å². The summed E-state index contributed by atoms with van der Waals surface area (Å²) in [7, 11) is 1.68. The maximum Gasteiger partial charge on any atom is 0.255 e. The van der Waals surface area contributed by atoms with Crippen LogP contribution >= 0.6 is 11.6 Å². The topological polar surface area (TPSA) is 70.9 Å². The molecule has 6 rings (SSSR count). The molecule has 1 aromatic heterocycles. The molecule has 2 saturated heterocycles. The number of nitrogens with zero attached hydrogens (tertiary/aromatic N) is 5. The summed E-state index contributed by atoms with van der Waals surface area (Å²) in [6, 6.07) is 23.6. The molecule has 3 heterocycles. The minimum atomic E-state index is -0.0704. The highest BCUT2D eigenvalue weighted by Crippen LogP contribution is 2.25. The molecule has 42 heavy (non-hydrogen) atoms. The van der Waals surface area contributed by atoms with E-state index >= 15 is 0 Å². The number of hydrogen-bond donors (Lipinski definition) is 0. The average molecular weight is 586 g/mol. The van der Waals surface area contributed by atoms with Gasteiger partial charge in [0.05, 0.1) is 35.3 Å². The predicted molar refractivity (Wildman–Crippen MR) is 164 cm³/mol. The van der Waals surface area contributed by atoms with Crippen molar-refractivity contribution in [2.24, 2.45) is 5.92 Å². The Bertz CT molecular complexity index is 1550. The van der Waals surface area contributed by atoms with Crippen LogP contribution in [0.15, 0.2) is 72.8 Å². The highest BCUT2D eigenvalue weighted by atomic mass is 35.5. The summed E-state index contributed by atoms with van der Waals surface area (Å²) in [6.45, 7) is 5.36. The van der Waals surface area contributed by atoms with E-state index in [9.17, 15) is 9.59 Å². The number of piperazine rings is 1. The molecule has 0 bridgehead atoms. The molecular weight excluding hydrogens is 550 g/mol. The maximum atomic E-state index is 13.4. The lowest BCUT2D eigenvalue weighted by Gasteiger charge is -2.38. The molecule has 2 amide bonds. The normalized spacial score (nSPS) is 16.6. The van der Waals surface area contributed by atoms with Gasteiger partial charge in [-0.25, -0.2) is 4.98 Å². The first kappa shape index (κ1) is 28.2. The molecular formula is C33H36ClN5O3. The number of ether oxygens (including phenoxy) is 1. The van der Waals surface area contributed by atoms with E-state index in [0.29, 0.717) is 36.8 Å². The van der Waals surface area contributed by atoms with Crippen LogP contribution in [0.3, 0.4) is 0 Å². The zero-order valence-electron chi connectivity index (χ0n) is 23.9. The highest BCUT2D eigenvalue weighted by molar-refractivity contribution is 6.33. The molecule has 0 saturated carbocycles. The van der Waals surface area contributed by atoms with E-state index in [0.717, 1.165) is 61.6 Å². The Kier molecular flexibility index (Phi) is 8.44. The standard InChI is InChI=1S/C33H36ClN5O3/c1-42-26-12-10-24(11-13-26)22-39-30-9-5-4-8-29(30)35-31(39)23-36-16-14-25(15-17-36)32(40)37-18-20-38(21-19-37)33(41)27-6-2-3-7-28(27)34/h2-13,25H,14-23H2,1H3. The van der Waals surface area contributed by atoms with Gasteiger partial charge in [-0.2, -0.15) is 0 Å². The maximum absolute atomic E-state index is 13.4. The molecule has 0 N–H and O–H groups in total. The molecule has 2 fully saturated rings. The minimum absolute atomic E-state index is 0.0187. The lowest BCUT2D eigenvalue weighted by Crippen LogP contribution is -2.53. The van der Waals surface area contributed by atoms with Crippen LogP contribution in [-0.4, -0.2) is 82.4 Å². The third-order valence-corrected chi connectivity index (χ3v) is 8.85. The molecule has 0 atom stereocenters. The number of aromatic nitrogens is 2. The van der Waals surface area contributed by atoms with Crippen LogP contribution < -0.4 is 4.74 Å². The second kappa shape index (κ2) is 12.5. The van der Waals surface area contributed by atoms with Crippen molar-refractivity contribution in [3.05, 3.63) is 94.8 Å². The Morgan fingerprint density at radius 3 is 2.21 bits per heavy atom. The molecule has 0 radical (unpaired) electrons. The first-order valence-electron chi connectivity index (χ1n) is 14.6. The van der Waals surface area contributed by atoms with Crippen LogP contribution in [0.5, 0.6) is 5.75 Å². The molecule has 2 aliphatic rings. The van der Waals surface area contributed by atoms with Gasteiger partial charge in [0.15, 0.2) is 0 Å². The van der Waals surface area contributed by atoms with Crippen molar-refractivity contribution < 1.29 is 14.3 Å². The minimum Gasteiger partial charge on any atom is -0.497 e. The number of amides is 2. The third-order valence-electron chi connectivity index (χ3n) is 8.52. The van der Waals surface area contributed by atoms with Gasteiger partial charge in [0, 0.05) is 38.6 Å². The number of benzene rings is 3. The fraction of sp³-hybridized carbons (Fsp3) is 0.364. The van der Waals surface area contributed by atoms with E-state index in [1.54, 1.807) is 24.1 Å². The molecule has 0 aliphatic carbocycles. The van der Waals surface area contributed by atoms with Gasteiger partial charge in [-0.15, -0.1) is 0 Å². The fourth-order valence-electron chi connectivity index (χ4n) is 6.07.